The van der Waals surface area contributed by atoms with Gasteiger partial charge >= 0.3 is 5.97 Å². The van der Waals surface area contributed by atoms with Crippen molar-refractivity contribution >= 4 is 50.7 Å². The molecule has 2 heterocycles. The Labute approximate surface area is 284 Å². The number of nitrogens with one attached hydrogen (secondary N) is 2. The van der Waals surface area contributed by atoms with Gasteiger partial charge in [0, 0.05) is 46.1 Å². The number of allylic oxidation sites excluding steroid dienone is 1. The number of aromatic nitrogens is 1. The number of rotatable bonds is 12. The SMILES string of the molecule is CN/C1=C(\C(=N)COc2ccc(SC)cc2)c2cccc3c(CCCOc4cccc5ccccc45)c(C(=O)O)n(c23)C/C=C\COC1. The van der Waals surface area contributed by atoms with Crippen molar-refractivity contribution in [2.45, 2.75) is 24.3 Å². The van der Waals surface area contributed by atoms with E-state index in [1.54, 1.807) is 11.8 Å². The zero-order chi connectivity index (χ0) is 33.5. The fraction of sp³-hybridized carbons (Fsp3) is 0.231. The van der Waals surface area contributed by atoms with Crippen molar-refractivity contribution in [1.82, 2.24) is 9.88 Å². The fourth-order valence-electron chi connectivity index (χ4n) is 6.27. The zero-order valence-corrected chi connectivity index (χ0v) is 27.9. The topological polar surface area (TPSA) is 106 Å². The summed E-state index contributed by atoms with van der Waals surface area (Å²) in [4.78, 5) is 14.1. The average Bonchev–Trinajstić information content (AvgIpc) is 3.42. The number of nitrogens with zero attached hydrogens (tertiary/aromatic N) is 1. The lowest BCUT2D eigenvalue weighted by Crippen LogP contribution is -2.22. The molecule has 6 rings (SSSR count). The number of benzene rings is 4. The van der Waals surface area contributed by atoms with Crippen molar-refractivity contribution in [1.29, 1.82) is 5.41 Å². The Morgan fingerprint density at radius 3 is 2.54 bits per heavy atom. The summed E-state index contributed by atoms with van der Waals surface area (Å²) in [6, 6.07) is 27.8. The number of aryl methyl sites for hydroxylation is 1. The highest BCUT2D eigenvalue weighted by molar-refractivity contribution is 7.98. The molecule has 0 saturated heterocycles. The molecule has 246 valence electrons. The van der Waals surface area contributed by atoms with Gasteiger partial charge in [0.05, 0.1) is 31.0 Å². The summed E-state index contributed by atoms with van der Waals surface area (Å²) in [7, 11) is 1.81. The van der Waals surface area contributed by atoms with E-state index >= 15 is 0 Å². The fourth-order valence-corrected chi connectivity index (χ4v) is 6.68. The molecule has 0 radical (unpaired) electrons. The minimum atomic E-state index is -0.992. The molecule has 0 amide bonds. The summed E-state index contributed by atoms with van der Waals surface area (Å²) in [6.45, 7) is 1.41. The van der Waals surface area contributed by atoms with Crippen LogP contribution in [0.3, 0.4) is 0 Å². The number of carbonyl (C=O) groups is 1. The molecule has 1 aliphatic rings. The van der Waals surface area contributed by atoms with Crippen molar-refractivity contribution in [3.05, 3.63) is 120 Å². The highest BCUT2D eigenvalue weighted by atomic mass is 32.2. The van der Waals surface area contributed by atoms with Crippen molar-refractivity contribution < 1.29 is 24.1 Å². The lowest BCUT2D eigenvalue weighted by atomic mass is 9.95. The first-order valence-corrected chi connectivity index (χ1v) is 17.2. The van der Waals surface area contributed by atoms with E-state index in [-0.39, 0.29) is 24.6 Å². The molecule has 1 aliphatic heterocycles. The Bertz CT molecular complexity index is 2010. The quantitative estimate of drug-likeness (QED) is 0.0542. The second-order valence-corrected chi connectivity index (χ2v) is 12.3. The van der Waals surface area contributed by atoms with Gasteiger partial charge in [-0.25, -0.2) is 4.79 Å². The van der Waals surface area contributed by atoms with E-state index in [2.05, 4.69) is 17.4 Å². The van der Waals surface area contributed by atoms with Gasteiger partial charge < -0.3 is 34.6 Å². The molecule has 1 aromatic heterocycles. The maximum Gasteiger partial charge on any atom is 0.352 e. The molecule has 0 spiro atoms. The molecule has 8 nitrogen and oxygen atoms in total. The second kappa shape index (κ2) is 15.3. The molecule has 0 unspecified atom stereocenters. The van der Waals surface area contributed by atoms with E-state index in [1.807, 2.05) is 103 Å². The van der Waals surface area contributed by atoms with Gasteiger partial charge in [-0.15, -0.1) is 11.8 Å². The van der Waals surface area contributed by atoms with Gasteiger partial charge in [0.1, 0.15) is 23.8 Å². The first kappa shape index (κ1) is 32.9. The number of ether oxygens (including phenoxy) is 3. The molecule has 0 aliphatic carbocycles. The standard InChI is InChI=1S/C39H39N3O5S/c1-41-34-25-45-22-6-5-21-42-37-30(13-8-14-32(37)36(34)33(40)24-47-27-17-19-28(48-2)20-18-27)31(38(42)39(43)44)15-9-23-46-35-16-7-11-26-10-3-4-12-29(26)35/h3-8,10-14,16-20,40-41H,9,15,21-25H2,1-2H3,(H,43,44)/b6-5-,36-34-,40-33?. The van der Waals surface area contributed by atoms with Gasteiger partial charge in [-0.3, -0.25) is 0 Å². The van der Waals surface area contributed by atoms with E-state index < -0.39 is 5.97 Å². The zero-order valence-electron chi connectivity index (χ0n) is 27.1. The molecule has 0 atom stereocenters. The van der Waals surface area contributed by atoms with E-state index in [9.17, 15) is 15.3 Å². The van der Waals surface area contributed by atoms with Crippen LogP contribution in [0.25, 0.3) is 27.2 Å². The van der Waals surface area contributed by atoms with E-state index in [0.717, 1.165) is 49.1 Å². The van der Waals surface area contributed by atoms with Crippen LogP contribution in [-0.4, -0.2) is 61.1 Å². The third-order valence-electron chi connectivity index (χ3n) is 8.50. The highest BCUT2D eigenvalue weighted by Crippen LogP contribution is 2.35. The number of hydrogen-bond donors (Lipinski definition) is 3. The van der Waals surface area contributed by atoms with Gasteiger partial charge in [-0.05, 0) is 60.4 Å². The minimum Gasteiger partial charge on any atom is -0.493 e. The van der Waals surface area contributed by atoms with Crippen LogP contribution in [0.15, 0.2) is 108 Å². The van der Waals surface area contributed by atoms with Crippen LogP contribution in [0.5, 0.6) is 11.5 Å². The van der Waals surface area contributed by atoms with Crippen LogP contribution in [-0.2, 0) is 17.7 Å². The summed E-state index contributed by atoms with van der Waals surface area (Å²) in [5, 5.41) is 26.2. The second-order valence-electron chi connectivity index (χ2n) is 11.4. The van der Waals surface area contributed by atoms with E-state index in [1.165, 1.54) is 0 Å². The van der Waals surface area contributed by atoms with Crippen LogP contribution < -0.4 is 14.8 Å². The number of thioether (sulfide) groups is 1. The predicted octanol–water partition coefficient (Wildman–Crippen LogP) is 7.84. The normalized spacial score (nSPS) is 15.5. The summed E-state index contributed by atoms with van der Waals surface area (Å²) >= 11 is 1.65. The maximum absolute atomic E-state index is 13.0. The largest absolute Gasteiger partial charge is 0.493 e. The maximum atomic E-state index is 13.0. The molecule has 0 fully saturated rings. The van der Waals surface area contributed by atoms with Crippen LogP contribution in [0.1, 0.15) is 28.0 Å². The molecule has 5 aromatic rings. The monoisotopic (exact) mass is 661 g/mol. The van der Waals surface area contributed by atoms with Crippen LogP contribution in [0.4, 0.5) is 0 Å². The summed E-state index contributed by atoms with van der Waals surface area (Å²) in [6.07, 6.45) is 7.00. The Hall–Kier alpha value is -4.99. The molecule has 3 N–H and O–H groups in total. The van der Waals surface area contributed by atoms with Crippen molar-refractivity contribution in [2.75, 3.05) is 39.7 Å². The van der Waals surface area contributed by atoms with Crippen molar-refractivity contribution in [3.8, 4) is 11.5 Å². The summed E-state index contributed by atoms with van der Waals surface area (Å²) in [5.74, 6) is 0.491. The number of hydrogen-bond acceptors (Lipinski definition) is 7. The first-order chi connectivity index (χ1) is 23.5. The lowest BCUT2D eigenvalue weighted by Gasteiger charge is -2.19. The average molecular weight is 662 g/mol. The lowest BCUT2D eigenvalue weighted by molar-refractivity contribution is 0.0685. The van der Waals surface area contributed by atoms with E-state index in [4.69, 9.17) is 14.2 Å². The van der Waals surface area contributed by atoms with Gasteiger partial charge in [0.2, 0.25) is 0 Å². The van der Waals surface area contributed by atoms with Crippen LogP contribution in [0.2, 0.25) is 0 Å². The molecular formula is C39H39N3O5S. The molecule has 0 saturated carbocycles. The number of likely N-dealkylation sites (N-methyl/N-ethyl adjacent to an activating group) is 1. The first-order valence-electron chi connectivity index (χ1n) is 16.0. The van der Waals surface area contributed by atoms with Gasteiger partial charge in [0.15, 0.2) is 0 Å². The van der Waals surface area contributed by atoms with E-state index in [0.29, 0.717) is 43.9 Å². The third-order valence-corrected chi connectivity index (χ3v) is 9.24. The molecule has 48 heavy (non-hydrogen) atoms. The molecule has 9 heteroatoms. The highest BCUT2D eigenvalue weighted by Gasteiger charge is 2.27. The van der Waals surface area contributed by atoms with Crippen LogP contribution >= 0.6 is 11.8 Å². The van der Waals surface area contributed by atoms with Gasteiger partial charge in [-0.1, -0.05) is 66.7 Å². The van der Waals surface area contributed by atoms with Gasteiger partial charge in [0.25, 0.3) is 0 Å². The molecule has 4 aromatic carbocycles. The Kier molecular flexibility index (Phi) is 10.5. The third kappa shape index (κ3) is 6.98. The number of aromatic carboxylic acids is 1. The Morgan fingerprint density at radius 2 is 1.75 bits per heavy atom. The smallest absolute Gasteiger partial charge is 0.352 e. The van der Waals surface area contributed by atoms with Crippen molar-refractivity contribution in [2.24, 2.45) is 0 Å². The van der Waals surface area contributed by atoms with Crippen molar-refractivity contribution in [3.63, 3.8) is 0 Å². The van der Waals surface area contributed by atoms with Crippen LogP contribution in [0, 0.1) is 5.41 Å². The minimum absolute atomic E-state index is 0.0264. The number of carboxylic acids is 1. The number of fused-ring (bicyclic) bond motifs is 1. The Morgan fingerprint density at radius 1 is 0.979 bits per heavy atom. The summed E-state index contributed by atoms with van der Waals surface area (Å²) < 4.78 is 20.1. The molecular weight excluding hydrogens is 623 g/mol. The van der Waals surface area contributed by atoms with Gasteiger partial charge in [-0.2, -0.15) is 0 Å². The number of para-hydroxylation sites is 1. The predicted molar refractivity (Wildman–Crippen MR) is 194 cm³/mol. The molecule has 0 bridgehead atoms. The summed E-state index contributed by atoms with van der Waals surface area (Å²) in [5.41, 5.74) is 4.13. The number of carboxylic acid groups (broad SMARTS) is 1. The Balaban J connectivity index is 1.37.